The van der Waals surface area contributed by atoms with Gasteiger partial charge in [0, 0.05) is 11.3 Å². The SMILES string of the molecule is COC(=O)c1ccc(C)c(NC(=O)COC(=O)CCOc2ccc(C(C)=O)cc2)c1. The number of hydrogen-bond acceptors (Lipinski definition) is 7. The molecule has 2 rings (SSSR count). The van der Waals surface area contributed by atoms with Crippen LogP contribution in [0.5, 0.6) is 5.75 Å². The Hall–Kier alpha value is -3.68. The van der Waals surface area contributed by atoms with Gasteiger partial charge in [0.25, 0.3) is 5.91 Å². The number of ether oxygens (including phenoxy) is 3. The van der Waals surface area contributed by atoms with Crippen LogP contribution >= 0.6 is 0 Å². The lowest BCUT2D eigenvalue weighted by Crippen LogP contribution is -2.22. The number of amides is 1. The van der Waals surface area contributed by atoms with E-state index in [1.807, 2.05) is 0 Å². The molecule has 158 valence electrons. The van der Waals surface area contributed by atoms with Gasteiger partial charge in [-0.3, -0.25) is 14.4 Å². The van der Waals surface area contributed by atoms with Crippen molar-refractivity contribution in [2.24, 2.45) is 0 Å². The first-order valence-corrected chi connectivity index (χ1v) is 9.18. The molecule has 30 heavy (non-hydrogen) atoms. The molecule has 0 fully saturated rings. The summed E-state index contributed by atoms with van der Waals surface area (Å²) in [6, 6.07) is 11.3. The van der Waals surface area contributed by atoms with Crippen molar-refractivity contribution in [2.75, 3.05) is 25.6 Å². The first kappa shape index (κ1) is 22.6. The van der Waals surface area contributed by atoms with Crippen LogP contribution in [0.15, 0.2) is 42.5 Å². The molecule has 0 saturated carbocycles. The van der Waals surface area contributed by atoms with Crippen LogP contribution in [0.4, 0.5) is 5.69 Å². The van der Waals surface area contributed by atoms with Crippen LogP contribution in [-0.2, 0) is 19.1 Å². The summed E-state index contributed by atoms with van der Waals surface area (Å²) >= 11 is 0. The maximum Gasteiger partial charge on any atom is 0.337 e. The minimum absolute atomic E-state index is 0.0431. The van der Waals surface area contributed by atoms with Gasteiger partial charge in [0.15, 0.2) is 12.4 Å². The summed E-state index contributed by atoms with van der Waals surface area (Å²) in [4.78, 5) is 46.7. The summed E-state index contributed by atoms with van der Waals surface area (Å²) in [6.45, 7) is 2.84. The van der Waals surface area contributed by atoms with Crippen molar-refractivity contribution in [1.29, 1.82) is 0 Å². The maximum atomic E-state index is 12.0. The number of nitrogens with one attached hydrogen (secondary N) is 1. The molecule has 1 N–H and O–H groups in total. The van der Waals surface area contributed by atoms with Gasteiger partial charge in [0.2, 0.25) is 0 Å². The average Bonchev–Trinajstić information content (AvgIpc) is 2.73. The van der Waals surface area contributed by atoms with Crippen molar-refractivity contribution in [1.82, 2.24) is 0 Å². The van der Waals surface area contributed by atoms with Crippen molar-refractivity contribution in [3.8, 4) is 5.75 Å². The number of aryl methyl sites for hydroxylation is 1. The number of anilines is 1. The van der Waals surface area contributed by atoms with Gasteiger partial charge < -0.3 is 19.5 Å². The molecule has 0 aliphatic heterocycles. The summed E-state index contributed by atoms with van der Waals surface area (Å²) < 4.78 is 15.0. The van der Waals surface area contributed by atoms with Crippen LogP contribution in [0.2, 0.25) is 0 Å². The van der Waals surface area contributed by atoms with Crippen LogP contribution in [0.25, 0.3) is 0 Å². The second kappa shape index (κ2) is 10.8. The first-order chi connectivity index (χ1) is 14.3. The van der Waals surface area contributed by atoms with Gasteiger partial charge in [-0.15, -0.1) is 0 Å². The molecule has 8 nitrogen and oxygen atoms in total. The van der Waals surface area contributed by atoms with Crippen molar-refractivity contribution in [2.45, 2.75) is 20.3 Å². The van der Waals surface area contributed by atoms with Gasteiger partial charge in [0.05, 0.1) is 25.7 Å². The smallest absolute Gasteiger partial charge is 0.337 e. The molecule has 0 aliphatic carbocycles. The quantitative estimate of drug-likeness (QED) is 0.497. The standard InChI is InChI=1S/C22H23NO7/c1-14-4-5-17(22(27)28-3)12-19(14)23-20(25)13-30-21(26)10-11-29-18-8-6-16(7-9-18)15(2)24/h4-9,12H,10-11,13H2,1-3H3,(H,23,25). The molecule has 0 unspecified atom stereocenters. The molecule has 2 aromatic carbocycles. The monoisotopic (exact) mass is 413 g/mol. The van der Waals surface area contributed by atoms with Crippen molar-refractivity contribution < 1.29 is 33.4 Å². The van der Waals surface area contributed by atoms with E-state index in [0.717, 1.165) is 5.56 Å². The second-order valence-electron chi connectivity index (χ2n) is 6.41. The van der Waals surface area contributed by atoms with Gasteiger partial charge >= 0.3 is 11.9 Å². The van der Waals surface area contributed by atoms with Crippen LogP contribution in [0, 0.1) is 6.92 Å². The fourth-order valence-electron chi connectivity index (χ4n) is 2.44. The Morgan fingerprint density at radius 3 is 2.27 bits per heavy atom. The summed E-state index contributed by atoms with van der Waals surface area (Å²) in [5.41, 5.74) is 2.03. The normalized spacial score (nSPS) is 10.1. The summed E-state index contributed by atoms with van der Waals surface area (Å²) in [5, 5.41) is 2.60. The second-order valence-corrected chi connectivity index (χ2v) is 6.41. The highest BCUT2D eigenvalue weighted by Crippen LogP contribution is 2.17. The lowest BCUT2D eigenvalue weighted by molar-refractivity contribution is -0.147. The number of benzene rings is 2. The molecule has 1 amide bonds. The molecular weight excluding hydrogens is 390 g/mol. The molecule has 0 radical (unpaired) electrons. The first-order valence-electron chi connectivity index (χ1n) is 9.18. The molecular formula is C22H23NO7. The number of methoxy groups -OCH3 is 1. The lowest BCUT2D eigenvalue weighted by Gasteiger charge is -2.11. The Labute approximate surface area is 174 Å². The Balaban J connectivity index is 1.76. The fraction of sp³-hybridized carbons (Fsp3) is 0.273. The molecule has 0 aliphatic rings. The van der Waals surface area contributed by atoms with E-state index >= 15 is 0 Å². The molecule has 0 saturated heterocycles. The number of esters is 2. The number of carbonyl (C=O) groups excluding carboxylic acids is 4. The molecule has 0 heterocycles. The number of Topliss-reactive ketones (excluding diaryl/α,β-unsaturated/α-hetero) is 1. The highest BCUT2D eigenvalue weighted by molar-refractivity contribution is 5.96. The number of carbonyl (C=O) groups is 4. The number of hydrogen-bond donors (Lipinski definition) is 1. The van der Waals surface area contributed by atoms with Gasteiger partial charge in [-0.05, 0) is 55.8 Å². The topological polar surface area (TPSA) is 108 Å². The Kier molecular flexibility index (Phi) is 8.10. The van der Waals surface area contributed by atoms with Crippen LogP contribution in [-0.4, -0.2) is 44.0 Å². The van der Waals surface area contributed by atoms with Crippen LogP contribution < -0.4 is 10.1 Å². The van der Waals surface area contributed by atoms with Crippen molar-refractivity contribution >= 4 is 29.3 Å². The van der Waals surface area contributed by atoms with E-state index in [4.69, 9.17) is 9.47 Å². The van der Waals surface area contributed by atoms with Crippen LogP contribution in [0.1, 0.15) is 39.6 Å². The molecule has 0 spiro atoms. The molecule has 2 aromatic rings. The highest BCUT2D eigenvalue weighted by Gasteiger charge is 2.12. The Morgan fingerprint density at radius 2 is 1.63 bits per heavy atom. The molecule has 0 aromatic heterocycles. The van der Waals surface area contributed by atoms with E-state index in [2.05, 4.69) is 10.1 Å². The van der Waals surface area contributed by atoms with E-state index in [9.17, 15) is 19.2 Å². The third-order valence-electron chi connectivity index (χ3n) is 4.13. The van der Waals surface area contributed by atoms with Gasteiger partial charge in [-0.25, -0.2) is 4.79 Å². The highest BCUT2D eigenvalue weighted by atomic mass is 16.5. The molecule has 8 heteroatoms. The molecule has 0 bridgehead atoms. The Morgan fingerprint density at radius 1 is 0.967 bits per heavy atom. The zero-order chi connectivity index (χ0) is 22.1. The number of ketones is 1. The predicted octanol–water partition coefficient (Wildman–Crippen LogP) is 2.94. The van der Waals surface area contributed by atoms with E-state index < -0.39 is 24.5 Å². The van der Waals surface area contributed by atoms with Gasteiger partial charge in [0.1, 0.15) is 5.75 Å². The minimum Gasteiger partial charge on any atom is -0.493 e. The number of rotatable bonds is 9. The van der Waals surface area contributed by atoms with E-state index in [1.54, 1.807) is 43.3 Å². The zero-order valence-electron chi connectivity index (χ0n) is 17.0. The minimum atomic E-state index is -0.592. The predicted molar refractivity (Wildman–Crippen MR) is 109 cm³/mol. The molecule has 0 atom stereocenters. The van der Waals surface area contributed by atoms with E-state index in [-0.39, 0.29) is 18.8 Å². The summed E-state index contributed by atoms with van der Waals surface area (Å²) in [7, 11) is 1.27. The summed E-state index contributed by atoms with van der Waals surface area (Å²) in [6.07, 6.45) is -0.0431. The van der Waals surface area contributed by atoms with Crippen LogP contribution in [0.3, 0.4) is 0 Å². The lowest BCUT2D eigenvalue weighted by atomic mass is 10.1. The van der Waals surface area contributed by atoms with Crippen molar-refractivity contribution in [3.63, 3.8) is 0 Å². The van der Waals surface area contributed by atoms with Gasteiger partial charge in [-0.1, -0.05) is 6.07 Å². The zero-order valence-corrected chi connectivity index (χ0v) is 17.0. The Bertz CT molecular complexity index is 935. The third-order valence-corrected chi connectivity index (χ3v) is 4.13. The van der Waals surface area contributed by atoms with E-state index in [0.29, 0.717) is 22.6 Å². The summed E-state index contributed by atoms with van der Waals surface area (Å²) in [5.74, 6) is -1.17. The van der Waals surface area contributed by atoms with E-state index in [1.165, 1.54) is 20.1 Å². The maximum absolute atomic E-state index is 12.0. The largest absolute Gasteiger partial charge is 0.493 e. The van der Waals surface area contributed by atoms with Gasteiger partial charge in [-0.2, -0.15) is 0 Å². The van der Waals surface area contributed by atoms with Crippen molar-refractivity contribution in [3.05, 3.63) is 59.2 Å². The third kappa shape index (κ3) is 6.73. The fourth-order valence-corrected chi connectivity index (χ4v) is 2.44. The average molecular weight is 413 g/mol.